The lowest BCUT2D eigenvalue weighted by Gasteiger charge is -2.31. The fraction of sp³-hybridized carbons (Fsp3) is 0.263. The molecule has 0 aliphatic carbocycles. The Balaban J connectivity index is 1.41. The summed E-state index contributed by atoms with van der Waals surface area (Å²) < 4.78 is 21.0. The van der Waals surface area contributed by atoms with Crippen LogP contribution in [0.3, 0.4) is 0 Å². The summed E-state index contributed by atoms with van der Waals surface area (Å²) in [7, 11) is 0. The quantitative estimate of drug-likeness (QED) is 0.634. The Labute approximate surface area is 158 Å². The first-order chi connectivity index (χ1) is 12.6. The van der Waals surface area contributed by atoms with E-state index in [1.807, 2.05) is 23.4 Å². The van der Waals surface area contributed by atoms with Crippen LogP contribution in [0.25, 0.3) is 5.69 Å². The van der Waals surface area contributed by atoms with Crippen LogP contribution >= 0.6 is 15.9 Å². The smallest absolute Gasteiger partial charge is 0.289 e. The summed E-state index contributed by atoms with van der Waals surface area (Å²) in [6.45, 7) is 1.35. The van der Waals surface area contributed by atoms with Crippen LogP contribution in [0.4, 0.5) is 4.39 Å². The van der Waals surface area contributed by atoms with E-state index >= 15 is 0 Å². The molecule has 0 spiro atoms. The summed E-state index contributed by atoms with van der Waals surface area (Å²) in [4.78, 5) is 14.3. The molecule has 134 valence electrons. The molecule has 1 amide bonds. The number of furan rings is 1. The number of carbonyl (C=O) groups is 1. The lowest BCUT2D eigenvalue weighted by Crippen LogP contribution is -2.37. The molecule has 1 aliphatic rings. The summed E-state index contributed by atoms with van der Waals surface area (Å²) in [6.07, 6.45) is 5.50. The molecule has 4 rings (SSSR count). The van der Waals surface area contributed by atoms with Crippen LogP contribution in [0.5, 0.6) is 0 Å². The number of likely N-dealkylation sites (tertiary alicyclic amines) is 1. The molecule has 1 saturated heterocycles. The first kappa shape index (κ1) is 17.0. The molecular weight excluding hydrogens is 401 g/mol. The van der Waals surface area contributed by atoms with Gasteiger partial charge in [-0.05, 0) is 70.6 Å². The van der Waals surface area contributed by atoms with Crippen molar-refractivity contribution in [1.82, 2.24) is 14.7 Å². The SMILES string of the molecule is O=C(c1ccc(Br)o1)N1CCC(c2cnn(-c3cccc(F)c3)c2)CC1. The molecule has 7 heteroatoms. The molecule has 0 saturated carbocycles. The highest BCUT2D eigenvalue weighted by molar-refractivity contribution is 9.10. The molecule has 0 bridgehead atoms. The van der Waals surface area contributed by atoms with Crippen LogP contribution in [-0.4, -0.2) is 33.7 Å². The summed E-state index contributed by atoms with van der Waals surface area (Å²) in [6, 6.07) is 9.77. The van der Waals surface area contributed by atoms with E-state index in [2.05, 4.69) is 21.0 Å². The second kappa shape index (κ2) is 7.07. The van der Waals surface area contributed by atoms with Gasteiger partial charge in [0.05, 0.1) is 11.9 Å². The van der Waals surface area contributed by atoms with Gasteiger partial charge in [0.15, 0.2) is 10.4 Å². The van der Waals surface area contributed by atoms with E-state index in [1.165, 1.54) is 12.1 Å². The molecule has 1 aliphatic heterocycles. The van der Waals surface area contributed by atoms with Crippen molar-refractivity contribution in [1.29, 1.82) is 0 Å². The Morgan fingerprint density at radius 3 is 2.73 bits per heavy atom. The standard InChI is InChI=1S/C19H17BrFN3O2/c20-18-5-4-17(26-18)19(25)23-8-6-13(7-9-23)14-11-22-24(12-14)16-3-1-2-15(21)10-16/h1-5,10-13H,6-9H2. The number of rotatable bonds is 3. The minimum Gasteiger partial charge on any atom is -0.444 e. The lowest BCUT2D eigenvalue weighted by molar-refractivity contribution is 0.0679. The summed E-state index contributed by atoms with van der Waals surface area (Å²) in [5.74, 6) is 0.333. The van der Waals surface area contributed by atoms with Crippen molar-refractivity contribution < 1.29 is 13.6 Å². The first-order valence-electron chi connectivity index (χ1n) is 8.45. The number of benzene rings is 1. The number of piperidine rings is 1. The predicted molar refractivity (Wildman–Crippen MR) is 97.8 cm³/mol. The molecule has 2 aromatic heterocycles. The first-order valence-corrected chi connectivity index (χ1v) is 9.24. The minimum absolute atomic E-state index is 0.0791. The summed E-state index contributed by atoms with van der Waals surface area (Å²) >= 11 is 3.22. The lowest BCUT2D eigenvalue weighted by atomic mass is 9.91. The second-order valence-corrected chi connectivity index (χ2v) is 7.15. The zero-order valence-electron chi connectivity index (χ0n) is 13.9. The molecule has 0 radical (unpaired) electrons. The summed E-state index contributed by atoms with van der Waals surface area (Å²) in [5, 5.41) is 4.36. The molecule has 1 fully saturated rings. The van der Waals surface area contributed by atoms with Gasteiger partial charge in [-0.1, -0.05) is 6.07 Å². The number of hydrogen-bond donors (Lipinski definition) is 0. The van der Waals surface area contributed by atoms with Crippen LogP contribution in [-0.2, 0) is 0 Å². The average molecular weight is 418 g/mol. The molecule has 3 heterocycles. The molecule has 1 aromatic carbocycles. The Hall–Kier alpha value is -2.41. The molecule has 0 N–H and O–H groups in total. The zero-order valence-corrected chi connectivity index (χ0v) is 15.5. The normalized spacial score (nSPS) is 15.4. The molecule has 3 aromatic rings. The van der Waals surface area contributed by atoms with Gasteiger partial charge >= 0.3 is 0 Å². The van der Waals surface area contributed by atoms with Gasteiger partial charge in [0, 0.05) is 19.3 Å². The van der Waals surface area contributed by atoms with Gasteiger partial charge in [-0.3, -0.25) is 4.79 Å². The predicted octanol–water partition coefficient (Wildman–Crippen LogP) is 4.39. The maximum atomic E-state index is 13.4. The van der Waals surface area contributed by atoms with Crippen molar-refractivity contribution in [2.75, 3.05) is 13.1 Å². The molecule has 0 atom stereocenters. The van der Waals surface area contributed by atoms with E-state index < -0.39 is 0 Å². The fourth-order valence-corrected chi connectivity index (χ4v) is 3.61. The second-order valence-electron chi connectivity index (χ2n) is 6.37. The van der Waals surface area contributed by atoms with Crippen LogP contribution in [0.2, 0.25) is 0 Å². The highest BCUT2D eigenvalue weighted by Gasteiger charge is 2.26. The van der Waals surface area contributed by atoms with Crippen LogP contribution in [0.1, 0.15) is 34.9 Å². The molecule has 26 heavy (non-hydrogen) atoms. The largest absolute Gasteiger partial charge is 0.444 e. The Bertz CT molecular complexity index is 928. The van der Waals surface area contributed by atoms with Gasteiger partial charge in [0.25, 0.3) is 5.91 Å². The maximum absolute atomic E-state index is 13.4. The van der Waals surface area contributed by atoms with Crippen molar-refractivity contribution in [2.45, 2.75) is 18.8 Å². The van der Waals surface area contributed by atoms with Gasteiger partial charge in [0.2, 0.25) is 0 Å². The van der Waals surface area contributed by atoms with Gasteiger partial charge in [-0.2, -0.15) is 5.10 Å². The highest BCUT2D eigenvalue weighted by Crippen LogP contribution is 2.29. The number of aromatic nitrogens is 2. The van der Waals surface area contributed by atoms with Crippen molar-refractivity contribution in [3.63, 3.8) is 0 Å². The van der Waals surface area contributed by atoms with Crippen molar-refractivity contribution in [3.8, 4) is 5.69 Å². The van der Waals surface area contributed by atoms with Crippen molar-refractivity contribution in [2.24, 2.45) is 0 Å². The van der Waals surface area contributed by atoms with Crippen molar-refractivity contribution in [3.05, 3.63) is 70.6 Å². The number of halogens is 2. The number of carbonyl (C=O) groups excluding carboxylic acids is 1. The Kier molecular flexibility index (Phi) is 4.63. The Morgan fingerprint density at radius 1 is 1.23 bits per heavy atom. The van der Waals surface area contributed by atoms with E-state index in [0.29, 0.717) is 35.1 Å². The highest BCUT2D eigenvalue weighted by atomic mass is 79.9. The minimum atomic E-state index is -0.282. The third-order valence-corrected chi connectivity index (χ3v) is 5.14. The van der Waals surface area contributed by atoms with Gasteiger partial charge in [0.1, 0.15) is 5.82 Å². The van der Waals surface area contributed by atoms with E-state index in [4.69, 9.17) is 4.42 Å². The van der Waals surface area contributed by atoms with Gasteiger partial charge in [-0.15, -0.1) is 0 Å². The van der Waals surface area contributed by atoms with Gasteiger partial charge < -0.3 is 9.32 Å². The number of amides is 1. The molecule has 5 nitrogen and oxygen atoms in total. The molecule has 0 unspecified atom stereocenters. The van der Waals surface area contributed by atoms with E-state index in [0.717, 1.165) is 18.4 Å². The molecular formula is C19H17BrFN3O2. The number of hydrogen-bond acceptors (Lipinski definition) is 3. The van der Waals surface area contributed by atoms with E-state index in [1.54, 1.807) is 22.9 Å². The topological polar surface area (TPSA) is 51.3 Å². The van der Waals surface area contributed by atoms with E-state index in [9.17, 15) is 9.18 Å². The van der Waals surface area contributed by atoms with Crippen LogP contribution in [0, 0.1) is 5.82 Å². The number of nitrogens with zero attached hydrogens (tertiary/aromatic N) is 3. The Morgan fingerprint density at radius 2 is 2.04 bits per heavy atom. The zero-order chi connectivity index (χ0) is 18.1. The third-order valence-electron chi connectivity index (χ3n) is 4.71. The third kappa shape index (κ3) is 3.44. The fourth-order valence-electron chi connectivity index (χ4n) is 3.31. The van der Waals surface area contributed by atoms with Crippen LogP contribution in [0.15, 0.2) is 57.9 Å². The average Bonchev–Trinajstić information content (AvgIpc) is 3.31. The summed E-state index contributed by atoms with van der Waals surface area (Å²) in [5.41, 5.74) is 1.81. The van der Waals surface area contributed by atoms with Gasteiger partial charge in [-0.25, -0.2) is 9.07 Å². The maximum Gasteiger partial charge on any atom is 0.289 e. The van der Waals surface area contributed by atoms with E-state index in [-0.39, 0.29) is 11.7 Å². The van der Waals surface area contributed by atoms with Crippen LogP contribution < -0.4 is 0 Å². The monoisotopic (exact) mass is 417 g/mol. The van der Waals surface area contributed by atoms with Crippen molar-refractivity contribution >= 4 is 21.8 Å².